The molecule has 4 heterocycles. The minimum absolute atomic E-state index is 0.0573. The topological polar surface area (TPSA) is 63.9 Å². The van der Waals surface area contributed by atoms with Gasteiger partial charge in [-0.2, -0.15) is 5.10 Å². The van der Waals surface area contributed by atoms with Crippen molar-refractivity contribution in [2.75, 3.05) is 6.54 Å². The Kier molecular flexibility index (Phi) is 4.90. The summed E-state index contributed by atoms with van der Waals surface area (Å²) in [5.74, 6) is 0. The van der Waals surface area contributed by atoms with E-state index in [9.17, 15) is 4.79 Å². The minimum Gasteiger partial charge on any atom is -0.293 e. The Bertz CT molecular complexity index is 936. The van der Waals surface area contributed by atoms with Crippen LogP contribution in [-0.2, 0) is 13.1 Å². The van der Waals surface area contributed by atoms with Crippen molar-refractivity contribution < 1.29 is 0 Å². The third kappa shape index (κ3) is 3.73. The molecule has 26 heavy (non-hydrogen) atoms. The Balaban J connectivity index is 1.53. The number of nitrogens with zero attached hydrogens (tertiary/aromatic N) is 5. The summed E-state index contributed by atoms with van der Waals surface area (Å²) < 4.78 is 1.60. The summed E-state index contributed by atoms with van der Waals surface area (Å²) in [5, 5.41) is 5.67. The molecule has 1 fully saturated rings. The van der Waals surface area contributed by atoms with Crippen LogP contribution in [0.4, 0.5) is 0 Å². The van der Waals surface area contributed by atoms with Crippen molar-refractivity contribution in [3.8, 4) is 11.3 Å². The molecule has 0 bridgehead atoms. The highest BCUT2D eigenvalue weighted by atomic mass is 32.1. The smallest absolute Gasteiger partial charge is 0.266 e. The molecular weight excluding hydrogens is 346 g/mol. The van der Waals surface area contributed by atoms with E-state index < -0.39 is 0 Å². The lowest BCUT2D eigenvalue weighted by Crippen LogP contribution is -2.36. The van der Waals surface area contributed by atoms with Gasteiger partial charge in [0.2, 0.25) is 0 Å². The highest BCUT2D eigenvalue weighted by Crippen LogP contribution is 2.23. The van der Waals surface area contributed by atoms with Gasteiger partial charge in [-0.25, -0.2) is 9.67 Å². The van der Waals surface area contributed by atoms with Gasteiger partial charge in [-0.15, -0.1) is 11.3 Å². The molecule has 0 radical (unpaired) electrons. The molecule has 0 saturated carbocycles. The first kappa shape index (κ1) is 17.1. The van der Waals surface area contributed by atoms with Crippen molar-refractivity contribution in [2.24, 2.45) is 0 Å². The van der Waals surface area contributed by atoms with E-state index in [0.29, 0.717) is 12.6 Å². The van der Waals surface area contributed by atoms with Crippen LogP contribution in [0.1, 0.15) is 22.7 Å². The zero-order valence-electron chi connectivity index (χ0n) is 14.7. The summed E-state index contributed by atoms with van der Waals surface area (Å²) in [5.41, 5.74) is 1.64. The second-order valence-corrected chi connectivity index (χ2v) is 7.91. The normalized spacial score (nSPS) is 17.7. The van der Waals surface area contributed by atoms with Gasteiger partial charge in [0, 0.05) is 47.7 Å². The molecule has 134 valence electrons. The molecule has 6 nitrogen and oxygen atoms in total. The number of aryl methyl sites for hydroxylation is 1. The van der Waals surface area contributed by atoms with Crippen molar-refractivity contribution in [3.63, 3.8) is 0 Å². The SMILES string of the molecule is Cc1ncc(CN2CCCC2Cn2nc(-c3cccnc3)ccc2=O)s1. The lowest BCUT2D eigenvalue weighted by molar-refractivity contribution is 0.218. The predicted octanol–water partition coefficient (Wildman–Crippen LogP) is 2.73. The maximum Gasteiger partial charge on any atom is 0.266 e. The van der Waals surface area contributed by atoms with Gasteiger partial charge in [0.1, 0.15) is 0 Å². The van der Waals surface area contributed by atoms with Gasteiger partial charge in [0.25, 0.3) is 5.56 Å². The molecule has 1 atom stereocenters. The molecule has 0 spiro atoms. The molecule has 0 N–H and O–H groups in total. The van der Waals surface area contributed by atoms with Crippen LogP contribution in [0.5, 0.6) is 0 Å². The average molecular weight is 367 g/mol. The Hall–Kier alpha value is -2.38. The van der Waals surface area contributed by atoms with E-state index >= 15 is 0 Å². The molecule has 3 aromatic rings. The number of hydrogen-bond acceptors (Lipinski definition) is 6. The summed E-state index contributed by atoms with van der Waals surface area (Å²) in [4.78, 5) is 24.5. The van der Waals surface area contributed by atoms with Crippen molar-refractivity contribution in [3.05, 3.63) is 63.1 Å². The van der Waals surface area contributed by atoms with Crippen LogP contribution in [0.2, 0.25) is 0 Å². The Morgan fingerprint density at radius 3 is 2.96 bits per heavy atom. The first-order chi connectivity index (χ1) is 12.7. The van der Waals surface area contributed by atoms with Crippen LogP contribution in [0.3, 0.4) is 0 Å². The van der Waals surface area contributed by atoms with Crippen molar-refractivity contribution in [1.82, 2.24) is 24.6 Å². The van der Waals surface area contributed by atoms with Crippen LogP contribution < -0.4 is 5.56 Å². The Labute approximate surface area is 156 Å². The van der Waals surface area contributed by atoms with Gasteiger partial charge in [0.15, 0.2) is 0 Å². The predicted molar refractivity (Wildman–Crippen MR) is 102 cm³/mol. The molecule has 1 unspecified atom stereocenters. The quantitative estimate of drug-likeness (QED) is 0.694. The minimum atomic E-state index is -0.0573. The third-order valence-corrected chi connectivity index (χ3v) is 5.63. The molecule has 1 saturated heterocycles. The fraction of sp³-hybridized carbons (Fsp3) is 0.368. The number of aromatic nitrogens is 4. The standard InChI is InChI=1S/C19H21N5OS/c1-14-21-11-17(26-14)13-23-9-3-5-16(23)12-24-19(25)7-6-18(22-24)15-4-2-8-20-10-15/h2,4,6-8,10-11,16H,3,5,9,12-13H2,1H3. The number of likely N-dealkylation sites (tertiary alicyclic amines) is 1. The van der Waals surface area contributed by atoms with E-state index in [1.165, 1.54) is 4.88 Å². The maximum absolute atomic E-state index is 12.3. The Morgan fingerprint density at radius 1 is 1.27 bits per heavy atom. The number of pyridine rings is 1. The second kappa shape index (κ2) is 7.47. The van der Waals surface area contributed by atoms with Crippen LogP contribution in [0, 0.1) is 6.92 Å². The lowest BCUT2D eigenvalue weighted by Gasteiger charge is -2.24. The molecule has 7 heteroatoms. The fourth-order valence-corrected chi connectivity index (χ4v) is 4.26. The van der Waals surface area contributed by atoms with Gasteiger partial charge < -0.3 is 0 Å². The number of rotatable bonds is 5. The zero-order valence-corrected chi connectivity index (χ0v) is 15.5. The first-order valence-corrected chi connectivity index (χ1v) is 9.64. The van der Waals surface area contributed by atoms with E-state index in [4.69, 9.17) is 0 Å². The van der Waals surface area contributed by atoms with Gasteiger partial charge in [-0.1, -0.05) is 0 Å². The highest BCUT2D eigenvalue weighted by Gasteiger charge is 2.26. The van der Waals surface area contributed by atoms with Gasteiger partial charge >= 0.3 is 0 Å². The summed E-state index contributed by atoms with van der Waals surface area (Å²) in [6.07, 6.45) is 7.70. The number of thiazole rings is 1. The molecule has 1 aliphatic heterocycles. The van der Waals surface area contributed by atoms with E-state index in [2.05, 4.69) is 20.0 Å². The van der Waals surface area contributed by atoms with Crippen LogP contribution >= 0.6 is 11.3 Å². The van der Waals surface area contributed by atoms with Crippen LogP contribution in [-0.4, -0.2) is 37.2 Å². The maximum atomic E-state index is 12.3. The van der Waals surface area contributed by atoms with Crippen LogP contribution in [0.25, 0.3) is 11.3 Å². The zero-order chi connectivity index (χ0) is 17.9. The van der Waals surface area contributed by atoms with Crippen molar-refractivity contribution in [1.29, 1.82) is 0 Å². The fourth-order valence-electron chi connectivity index (χ4n) is 3.44. The molecule has 3 aromatic heterocycles. The van der Waals surface area contributed by atoms with Crippen LogP contribution in [0.15, 0.2) is 47.7 Å². The largest absolute Gasteiger partial charge is 0.293 e. The van der Waals surface area contributed by atoms with E-state index in [-0.39, 0.29) is 5.56 Å². The molecule has 1 aliphatic rings. The van der Waals surface area contributed by atoms with Gasteiger partial charge in [-0.05, 0) is 44.5 Å². The Morgan fingerprint density at radius 2 is 2.19 bits per heavy atom. The molecule has 0 amide bonds. The molecular formula is C19H21N5OS. The summed E-state index contributed by atoms with van der Waals surface area (Å²) in [6.45, 7) is 4.60. The third-order valence-electron chi connectivity index (χ3n) is 4.73. The number of hydrogen-bond donors (Lipinski definition) is 0. The first-order valence-electron chi connectivity index (χ1n) is 8.83. The van der Waals surface area contributed by atoms with E-state index in [1.807, 2.05) is 25.3 Å². The molecule has 4 rings (SSSR count). The van der Waals surface area contributed by atoms with Crippen molar-refractivity contribution >= 4 is 11.3 Å². The monoisotopic (exact) mass is 367 g/mol. The summed E-state index contributed by atoms with van der Waals surface area (Å²) >= 11 is 1.74. The molecule has 0 aromatic carbocycles. The van der Waals surface area contributed by atoms with Gasteiger partial charge in [-0.3, -0.25) is 14.7 Å². The molecule has 0 aliphatic carbocycles. The summed E-state index contributed by atoms with van der Waals surface area (Å²) in [6, 6.07) is 7.52. The lowest BCUT2D eigenvalue weighted by atomic mass is 10.2. The van der Waals surface area contributed by atoms with Crippen molar-refractivity contribution in [2.45, 2.75) is 38.9 Å². The van der Waals surface area contributed by atoms with Gasteiger partial charge in [0.05, 0.1) is 17.2 Å². The second-order valence-electron chi connectivity index (χ2n) is 6.59. The van der Waals surface area contributed by atoms with E-state index in [1.54, 1.807) is 40.5 Å². The highest BCUT2D eigenvalue weighted by molar-refractivity contribution is 7.11. The summed E-state index contributed by atoms with van der Waals surface area (Å²) in [7, 11) is 0. The van der Waals surface area contributed by atoms with E-state index in [0.717, 1.165) is 42.2 Å². The average Bonchev–Trinajstić information content (AvgIpc) is 3.27.